The third kappa shape index (κ3) is 40.3. The van der Waals surface area contributed by atoms with E-state index >= 15 is 0 Å². The van der Waals surface area contributed by atoms with Crippen LogP contribution < -0.4 is 0 Å². The lowest BCUT2D eigenvalue weighted by molar-refractivity contribution is -0.150. The highest BCUT2D eigenvalue weighted by Crippen LogP contribution is 2.18. The van der Waals surface area contributed by atoms with Crippen LogP contribution in [-0.2, 0) is 23.8 Å². The van der Waals surface area contributed by atoms with Gasteiger partial charge in [-0.15, -0.1) is 0 Å². The monoisotopic (exact) mass is 754 g/mol. The van der Waals surface area contributed by atoms with Gasteiger partial charge in [-0.1, -0.05) is 162 Å². The largest absolute Gasteiger partial charge is 0.463 e. The number of carbonyl (C=O) groups is 2. The molecule has 7 heteroatoms. The number of carbonyl (C=O) groups excluding carboxylic acids is 2. The van der Waals surface area contributed by atoms with E-state index in [1.54, 1.807) is 0 Å². The average molecular weight is 754 g/mol. The molecule has 0 heterocycles. The zero-order valence-electron chi connectivity index (χ0n) is 35.8. The highest BCUT2D eigenvalue weighted by Gasteiger charge is 2.14. The first-order valence-electron chi connectivity index (χ1n) is 23.3. The van der Waals surface area contributed by atoms with E-state index < -0.39 is 0 Å². The molecule has 0 radical (unpaired) electrons. The molecule has 0 aliphatic carbocycles. The van der Waals surface area contributed by atoms with Crippen molar-refractivity contribution in [2.45, 2.75) is 239 Å². The molecule has 0 rings (SSSR count). The molecular formula is C46H91NO6. The molecule has 0 aliphatic heterocycles. The number of hydrogen-bond acceptors (Lipinski definition) is 7. The molecule has 0 aromatic heterocycles. The summed E-state index contributed by atoms with van der Waals surface area (Å²) in [6, 6.07) is 0. The van der Waals surface area contributed by atoms with Gasteiger partial charge in [0, 0.05) is 26.0 Å². The summed E-state index contributed by atoms with van der Waals surface area (Å²) in [6.45, 7) is 11.2. The molecule has 0 atom stereocenters. The summed E-state index contributed by atoms with van der Waals surface area (Å²) in [5.74, 6) is -0.124. The Hall–Kier alpha value is -1.18. The molecule has 0 unspecified atom stereocenters. The molecule has 0 bridgehead atoms. The second kappa shape index (κ2) is 43.5. The third-order valence-corrected chi connectivity index (χ3v) is 10.6. The highest BCUT2D eigenvalue weighted by molar-refractivity contribution is 5.69. The molecule has 316 valence electrons. The molecule has 0 amide bonds. The standard InChI is InChI=1S/C46H91NO6/c1-4-7-10-13-16-17-18-24-32-41-51-42-43-52-45(49)35-29-25-31-38-47(39-40-48)37-30-23-19-22-28-36-46(50)53-44(33-26-20-14-11-8-5-2)34-27-21-15-12-9-6-3/h44,48H,4-43H2,1-3H3. The van der Waals surface area contributed by atoms with E-state index in [-0.39, 0.29) is 24.6 Å². The van der Waals surface area contributed by atoms with Gasteiger partial charge >= 0.3 is 11.9 Å². The number of nitrogens with zero attached hydrogens (tertiary/aromatic N) is 1. The van der Waals surface area contributed by atoms with Crippen LogP contribution in [0.25, 0.3) is 0 Å². The lowest BCUT2D eigenvalue weighted by Crippen LogP contribution is -2.29. The summed E-state index contributed by atoms with van der Waals surface area (Å²) in [5.41, 5.74) is 0. The van der Waals surface area contributed by atoms with Gasteiger partial charge in [-0.3, -0.25) is 9.59 Å². The van der Waals surface area contributed by atoms with Gasteiger partial charge in [0.2, 0.25) is 0 Å². The van der Waals surface area contributed by atoms with Gasteiger partial charge in [0.05, 0.1) is 13.2 Å². The smallest absolute Gasteiger partial charge is 0.306 e. The van der Waals surface area contributed by atoms with Crippen molar-refractivity contribution in [2.75, 3.05) is 46.1 Å². The Balaban J connectivity index is 3.90. The normalized spacial score (nSPS) is 11.6. The Bertz CT molecular complexity index is 734. The number of hydrogen-bond donors (Lipinski definition) is 1. The minimum absolute atomic E-state index is 0.00273. The first-order chi connectivity index (χ1) is 26.1. The van der Waals surface area contributed by atoms with Gasteiger partial charge in [0.25, 0.3) is 0 Å². The lowest BCUT2D eigenvalue weighted by atomic mass is 10.0. The van der Waals surface area contributed by atoms with Crippen LogP contribution in [0.1, 0.15) is 233 Å². The second-order valence-electron chi connectivity index (χ2n) is 15.8. The van der Waals surface area contributed by atoms with E-state index in [4.69, 9.17) is 14.2 Å². The Morgan fingerprint density at radius 2 is 0.868 bits per heavy atom. The van der Waals surface area contributed by atoms with Crippen molar-refractivity contribution in [3.05, 3.63) is 0 Å². The maximum absolute atomic E-state index is 12.7. The maximum Gasteiger partial charge on any atom is 0.306 e. The Morgan fingerprint density at radius 1 is 0.453 bits per heavy atom. The number of unbranched alkanes of at least 4 members (excludes halogenated alkanes) is 24. The van der Waals surface area contributed by atoms with Crippen molar-refractivity contribution in [3.63, 3.8) is 0 Å². The number of ether oxygens (including phenoxy) is 3. The van der Waals surface area contributed by atoms with Crippen LogP contribution >= 0.6 is 0 Å². The van der Waals surface area contributed by atoms with Crippen LogP contribution in [0.5, 0.6) is 0 Å². The lowest BCUT2D eigenvalue weighted by Gasteiger charge is -2.21. The third-order valence-electron chi connectivity index (χ3n) is 10.6. The van der Waals surface area contributed by atoms with Gasteiger partial charge in [-0.2, -0.15) is 0 Å². The fourth-order valence-corrected chi connectivity index (χ4v) is 7.11. The Labute approximate surface area is 329 Å². The van der Waals surface area contributed by atoms with E-state index in [2.05, 4.69) is 25.7 Å². The van der Waals surface area contributed by atoms with Crippen molar-refractivity contribution in [3.8, 4) is 0 Å². The average Bonchev–Trinajstić information content (AvgIpc) is 3.15. The molecule has 0 saturated heterocycles. The van der Waals surface area contributed by atoms with Crippen molar-refractivity contribution >= 4 is 11.9 Å². The van der Waals surface area contributed by atoms with Crippen molar-refractivity contribution < 1.29 is 28.9 Å². The number of aliphatic hydroxyl groups excluding tert-OH is 1. The summed E-state index contributed by atoms with van der Waals surface area (Å²) in [4.78, 5) is 27.1. The van der Waals surface area contributed by atoms with Crippen LogP contribution in [0, 0.1) is 0 Å². The van der Waals surface area contributed by atoms with E-state index in [0.29, 0.717) is 32.6 Å². The van der Waals surface area contributed by atoms with Gasteiger partial charge in [-0.25, -0.2) is 0 Å². The quantitative estimate of drug-likeness (QED) is 0.0490. The van der Waals surface area contributed by atoms with Crippen LogP contribution in [0.4, 0.5) is 0 Å². The second-order valence-corrected chi connectivity index (χ2v) is 15.8. The van der Waals surface area contributed by atoms with Crippen molar-refractivity contribution in [2.24, 2.45) is 0 Å². The number of esters is 2. The summed E-state index contributed by atoms with van der Waals surface area (Å²) in [5, 5.41) is 9.54. The molecule has 0 spiro atoms. The van der Waals surface area contributed by atoms with Crippen molar-refractivity contribution in [1.82, 2.24) is 4.90 Å². The van der Waals surface area contributed by atoms with E-state index in [1.165, 1.54) is 128 Å². The summed E-state index contributed by atoms with van der Waals surface area (Å²) < 4.78 is 17.0. The number of rotatable bonds is 44. The van der Waals surface area contributed by atoms with Crippen LogP contribution in [0.2, 0.25) is 0 Å². The Morgan fingerprint density at radius 3 is 1.38 bits per heavy atom. The fourth-order valence-electron chi connectivity index (χ4n) is 7.11. The highest BCUT2D eigenvalue weighted by atomic mass is 16.6. The van der Waals surface area contributed by atoms with Gasteiger partial charge < -0.3 is 24.2 Å². The summed E-state index contributed by atoms with van der Waals surface area (Å²) >= 11 is 0. The van der Waals surface area contributed by atoms with Crippen LogP contribution in [0.15, 0.2) is 0 Å². The maximum atomic E-state index is 12.7. The molecule has 0 aromatic carbocycles. The predicted octanol–water partition coefficient (Wildman–Crippen LogP) is 12.7. The molecule has 0 saturated carbocycles. The molecule has 0 fully saturated rings. The van der Waals surface area contributed by atoms with Gasteiger partial charge in [0.15, 0.2) is 0 Å². The summed E-state index contributed by atoms with van der Waals surface area (Å²) in [6.07, 6.45) is 38.4. The van der Waals surface area contributed by atoms with Gasteiger partial charge in [-0.05, 0) is 70.9 Å². The number of aliphatic hydroxyl groups is 1. The van der Waals surface area contributed by atoms with E-state index in [1.807, 2.05) is 0 Å². The molecule has 53 heavy (non-hydrogen) atoms. The molecular weight excluding hydrogens is 663 g/mol. The first kappa shape index (κ1) is 51.8. The minimum atomic E-state index is -0.127. The SMILES string of the molecule is CCCCCCCCCCCOCCOC(=O)CCCCCN(CCO)CCCCCCCC(=O)OC(CCCCCCCC)CCCCCCCC. The van der Waals surface area contributed by atoms with Crippen LogP contribution in [0.3, 0.4) is 0 Å². The summed E-state index contributed by atoms with van der Waals surface area (Å²) in [7, 11) is 0. The minimum Gasteiger partial charge on any atom is -0.463 e. The Kier molecular flexibility index (Phi) is 42.6. The van der Waals surface area contributed by atoms with Gasteiger partial charge in [0.1, 0.15) is 12.7 Å². The topological polar surface area (TPSA) is 85.3 Å². The molecule has 1 N–H and O–H groups in total. The molecule has 0 aromatic rings. The molecule has 7 nitrogen and oxygen atoms in total. The zero-order chi connectivity index (χ0) is 38.7. The van der Waals surface area contributed by atoms with E-state index in [9.17, 15) is 14.7 Å². The van der Waals surface area contributed by atoms with Crippen molar-refractivity contribution in [1.29, 1.82) is 0 Å². The zero-order valence-corrected chi connectivity index (χ0v) is 35.8. The van der Waals surface area contributed by atoms with E-state index in [0.717, 1.165) is 90.3 Å². The molecule has 0 aliphatic rings. The predicted molar refractivity (Wildman–Crippen MR) is 225 cm³/mol. The van der Waals surface area contributed by atoms with Crippen LogP contribution in [-0.4, -0.2) is 74.1 Å². The first-order valence-corrected chi connectivity index (χ1v) is 23.3. The fraction of sp³-hybridized carbons (Fsp3) is 0.957.